The maximum atomic E-state index is 13.6. The molecule has 0 bridgehead atoms. The minimum atomic E-state index is -0.799. The number of halogens is 1. The normalized spacial score (nSPS) is 10.5. The number of hydrogen-bond donors (Lipinski definition) is 3. The third kappa shape index (κ3) is 5.22. The van der Waals surface area contributed by atoms with Crippen LogP contribution in [0, 0.1) is 5.82 Å². The van der Waals surface area contributed by atoms with Gasteiger partial charge in [-0.3, -0.25) is 9.59 Å². The van der Waals surface area contributed by atoms with Crippen LogP contribution in [-0.4, -0.2) is 31.1 Å². The molecule has 0 atom stereocenters. The molecule has 7 nitrogen and oxygen atoms in total. The predicted molar refractivity (Wildman–Crippen MR) is 117 cm³/mol. The molecule has 0 saturated heterocycles. The van der Waals surface area contributed by atoms with Crippen LogP contribution in [0.3, 0.4) is 0 Å². The second-order valence-corrected chi connectivity index (χ2v) is 7.03. The average molecular weight is 438 g/mol. The van der Waals surface area contributed by atoms with E-state index >= 15 is 0 Å². The van der Waals surface area contributed by atoms with Gasteiger partial charge in [-0.25, -0.2) is 4.39 Å². The van der Waals surface area contributed by atoms with E-state index in [-0.39, 0.29) is 24.3 Å². The van der Waals surface area contributed by atoms with Crippen molar-refractivity contribution < 1.29 is 28.6 Å². The number of aliphatic hydroxyl groups is 1. The van der Waals surface area contributed by atoms with Gasteiger partial charge in [0, 0.05) is 23.7 Å². The summed E-state index contributed by atoms with van der Waals surface area (Å²) in [5.41, 5.74) is 7.68. The zero-order valence-corrected chi connectivity index (χ0v) is 17.6. The van der Waals surface area contributed by atoms with Gasteiger partial charge in [0.05, 0.1) is 20.8 Å². The summed E-state index contributed by atoms with van der Waals surface area (Å²) >= 11 is 0. The summed E-state index contributed by atoms with van der Waals surface area (Å²) in [6, 6.07) is 13.6. The van der Waals surface area contributed by atoms with E-state index in [1.807, 2.05) is 0 Å². The molecule has 3 rings (SSSR count). The summed E-state index contributed by atoms with van der Waals surface area (Å²) in [4.78, 5) is 24.6. The monoisotopic (exact) mass is 438 g/mol. The molecule has 0 unspecified atom stereocenters. The van der Waals surface area contributed by atoms with E-state index in [1.165, 1.54) is 26.4 Å². The van der Waals surface area contributed by atoms with Crippen molar-refractivity contribution in [3.05, 3.63) is 82.7 Å². The molecule has 0 saturated carbocycles. The second kappa shape index (κ2) is 9.93. The number of nitrogens with two attached hydrogens (primary N) is 1. The van der Waals surface area contributed by atoms with E-state index in [1.54, 1.807) is 36.4 Å². The predicted octanol–water partition coefficient (Wildman–Crippen LogP) is 3.03. The van der Waals surface area contributed by atoms with Gasteiger partial charge in [0.15, 0.2) is 0 Å². The van der Waals surface area contributed by atoms with Crippen LogP contribution in [-0.2, 0) is 13.2 Å². The first kappa shape index (κ1) is 22.8. The van der Waals surface area contributed by atoms with E-state index in [0.717, 1.165) is 11.6 Å². The minimum Gasteiger partial charge on any atom is -0.497 e. The SMILES string of the molecule is COc1cc(CNC(=O)c2cc(CO)cc(-c3ccc(F)cc3C(N)=O)c2)cc(OC)c1. The Kier molecular flexibility index (Phi) is 7.07. The third-order valence-corrected chi connectivity index (χ3v) is 4.86. The lowest BCUT2D eigenvalue weighted by atomic mass is 9.95. The molecule has 0 fully saturated rings. The molecule has 0 radical (unpaired) electrons. The molecule has 2 amide bonds. The maximum absolute atomic E-state index is 13.6. The molecule has 0 aromatic heterocycles. The zero-order valence-electron chi connectivity index (χ0n) is 17.6. The Balaban J connectivity index is 1.91. The van der Waals surface area contributed by atoms with E-state index in [2.05, 4.69) is 5.32 Å². The van der Waals surface area contributed by atoms with Gasteiger partial charge in [-0.15, -0.1) is 0 Å². The van der Waals surface area contributed by atoms with E-state index in [0.29, 0.717) is 28.2 Å². The highest BCUT2D eigenvalue weighted by Crippen LogP contribution is 2.27. The van der Waals surface area contributed by atoms with Crippen molar-refractivity contribution in [1.82, 2.24) is 5.32 Å². The van der Waals surface area contributed by atoms with Gasteiger partial charge in [0.1, 0.15) is 17.3 Å². The highest BCUT2D eigenvalue weighted by Gasteiger charge is 2.15. The molecular formula is C24H23FN2O5. The Hall–Kier alpha value is -3.91. The molecule has 32 heavy (non-hydrogen) atoms. The highest BCUT2D eigenvalue weighted by atomic mass is 19.1. The largest absolute Gasteiger partial charge is 0.497 e. The average Bonchev–Trinajstić information content (AvgIpc) is 2.81. The van der Waals surface area contributed by atoms with Gasteiger partial charge in [0.25, 0.3) is 5.91 Å². The lowest BCUT2D eigenvalue weighted by Gasteiger charge is -2.13. The molecule has 3 aromatic rings. The molecule has 8 heteroatoms. The van der Waals surface area contributed by atoms with Crippen molar-refractivity contribution >= 4 is 11.8 Å². The lowest BCUT2D eigenvalue weighted by Crippen LogP contribution is -2.23. The number of rotatable bonds is 8. The van der Waals surface area contributed by atoms with E-state index in [4.69, 9.17) is 15.2 Å². The van der Waals surface area contributed by atoms with Crippen molar-refractivity contribution in [3.63, 3.8) is 0 Å². The number of carbonyl (C=O) groups excluding carboxylic acids is 2. The van der Waals surface area contributed by atoms with Gasteiger partial charge >= 0.3 is 0 Å². The molecule has 0 aliphatic rings. The van der Waals surface area contributed by atoms with Crippen molar-refractivity contribution in [1.29, 1.82) is 0 Å². The molecule has 0 heterocycles. The Morgan fingerprint density at radius 1 is 0.969 bits per heavy atom. The fourth-order valence-corrected chi connectivity index (χ4v) is 3.29. The standard InChI is InChI=1S/C24H23FN2O5/c1-31-19-7-14(8-20(11-19)32-2)12-27-24(30)17-6-15(13-28)5-16(9-17)21-4-3-18(25)10-22(21)23(26)29/h3-11,28H,12-13H2,1-2H3,(H2,26,29)(H,27,30). The van der Waals surface area contributed by atoms with Crippen molar-refractivity contribution in [2.75, 3.05) is 14.2 Å². The summed E-state index contributed by atoms with van der Waals surface area (Å²) in [6.07, 6.45) is 0. The lowest BCUT2D eigenvalue weighted by molar-refractivity contribution is 0.0949. The third-order valence-electron chi connectivity index (χ3n) is 4.86. The second-order valence-electron chi connectivity index (χ2n) is 7.03. The Bertz CT molecular complexity index is 1140. The first-order valence-corrected chi connectivity index (χ1v) is 9.69. The number of nitrogens with one attached hydrogen (secondary N) is 1. The number of methoxy groups -OCH3 is 2. The van der Waals surface area contributed by atoms with Crippen molar-refractivity contribution in [2.45, 2.75) is 13.2 Å². The van der Waals surface area contributed by atoms with Gasteiger partial charge in [0.2, 0.25) is 5.91 Å². The molecule has 0 aliphatic carbocycles. The van der Waals surface area contributed by atoms with Crippen LogP contribution < -0.4 is 20.5 Å². The zero-order chi connectivity index (χ0) is 23.3. The molecule has 0 spiro atoms. The van der Waals surface area contributed by atoms with Crippen LogP contribution in [0.2, 0.25) is 0 Å². The summed E-state index contributed by atoms with van der Waals surface area (Å²) in [7, 11) is 3.07. The summed E-state index contributed by atoms with van der Waals surface area (Å²) in [5, 5.41) is 12.5. The number of primary amides is 1. The van der Waals surface area contributed by atoms with Crippen LogP contribution in [0.1, 0.15) is 31.8 Å². The van der Waals surface area contributed by atoms with Crippen LogP contribution in [0.5, 0.6) is 11.5 Å². The van der Waals surface area contributed by atoms with Crippen LogP contribution >= 0.6 is 0 Å². The Morgan fingerprint density at radius 3 is 2.25 bits per heavy atom. The van der Waals surface area contributed by atoms with E-state index < -0.39 is 17.6 Å². The Morgan fingerprint density at radius 2 is 1.66 bits per heavy atom. The minimum absolute atomic E-state index is 0.0186. The topological polar surface area (TPSA) is 111 Å². The number of hydrogen-bond acceptors (Lipinski definition) is 5. The summed E-state index contributed by atoms with van der Waals surface area (Å²) < 4.78 is 24.1. The first-order valence-electron chi connectivity index (χ1n) is 9.69. The number of aliphatic hydroxyl groups excluding tert-OH is 1. The van der Waals surface area contributed by atoms with Crippen molar-refractivity contribution in [2.24, 2.45) is 5.73 Å². The van der Waals surface area contributed by atoms with Crippen LogP contribution in [0.25, 0.3) is 11.1 Å². The van der Waals surface area contributed by atoms with Gasteiger partial charge in [-0.05, 0) is 64.7 Å². The Labute approximate surface area is 184 Å². The number of amides is 2. The molecule has 4 N–H and O–H groups in total. The summed E-state index contributed by atoms with van der Waals surface area (Å²) in [6.45, 7) is -0.123. The molecule has 0 aliphatic heterocycles. The van der Waals surface area contributed by atoms with E-state index in [9.17, 15) is 19.1 Å². The number of carbonyl (C=O) groups is 2. The fourth-order valence-electron chi connectivity index (χ4n) is 3.29. The smallest absolute Gasteiger partial charge is 0.251 e. The van der Waals surface area contributed by atoms with Crippen LogP contribution in [0.15, 0.2) is 54.6 Å². The molecular weight excluding hydrogens is 415 g/mol. The first-order chi connectivity index (χ1) is 15.3. The number of ether oxygens (including phenoxy) is 2. The molecule has 166 valence electrons. The fraction of sp³-hybridized carbons (Fsp3) is 0.167. The van der Waals surface area contributed by atoms with Gasteiger partial charge in [-0.2, -0.15) is 0 Å². The van der Waals surface area contributed by atoms with Gasteiger partial charge in [-0.1, -0.05) is 6.07 Å². The maximum Gasteiger partial charge on any atom is 0.251 e. The quantitative estimate of drug-likeness (QED) is 0.501. The van der Waals surface area contributed by atoms with Crippen LogP contribution in [0.4, 0.5) is 4.39 Å². The highest BCUT2D eigenvalue weighted by molar-refractivity contribution is 6.01. The van der Waals surface area contributed by atoms with Gasteiger partial charge < -0.3 is 25.6 Å². The number of benzene rings is 3. The molecule has 3 aromatic carbocycles. The van der Waals surface area contributed by atoms with Crippen molar-refractivity contribution in [3.8, 4) is 22.6 Å². The summed E-state index contributed by atoms with van der Waals surface area (Å²) in [5.74, 6) is -0.618.